The second kappa shape index (κ2) is 7.28. The molecule has 1 unspecified atom stereocenters. The van der Waals surface area contributed by atoms with Crippen LogP contribution in [0.5, 0.6) is 0 Å². The highest BCUT2D eigenvalue weighted by Gasteiger charge is 2.23. The third kappa shape index (κ3) is 4.48. The van der Waals surface area contributed by atoms with E-state index < -0.39 is 23.8 Å². The van der Waals surface area contributed by atoms with E-state index in [9.17, 15) is 14.4 Å². The highest BCUT2D eigenvalue weighted by Crippen LogP contribution is 2.15. The van der Waals surface area contributed by atoms with Crippen LogP contribution in [0.2, 0.25) is 0 Å². The first-order chi connectivity index (χ1) is 9.86. The Bertz CT molecular complexity index is 557. The molecule has 1 aromatic carbocycles. The summed E-state index contributed by atoms with van der Waals surface area (Å²) < 4.78 is 4.60. The molecule has 0 aliphatic rings. The van der Waals surface area contributed by atoms with Crippen molar-refractivity contribution in [2.45, 2.75) is 25.8 Å². The molecule has 0 fully saturated rings. The van der Waals surface area contributed by atoms with Gasteiger partial charge >= 0.3 is 5.97 Å². The van der Waals surface area contributed by atoms with E-state index in [0.29, 0.717) is 16.8 Å². The molecule has 114 valence electrons. The van der Waals surface area contributed by atoms with E-state index in [1.807, 2.05) is 0 Å². The molecule has 0 aromatic heterocycles. The molecule has 0 saturated carbocycles. The van der Waals surface area contributed by atoms with Gasteiger partial charge in [-0.1, -0.05) is 6.07 Å². The molecule has 21 heavy (non-hydrogen) atoms. The summed E-state index contributed by atoms with van der Waals surface area (Å²) in [6.07, 6.45) is 0.0467. The van der Waals surface area contributed by atoms with Crippen LogP contribution in [0.4, 0.5) is 5.69 Å². The van der Waals surface area contributed by atoms with Crippen LogP contribution < -0.4 is 16.8 Å². The Balaban J connectivity index is 2.87. The highest BCUT2D eigenvalue weighted by atomic mass is 16.5. The number of carbonyl (C=O) groups is 3. The molecule has 0 saturated heterocycles. The molecule has 0 radical (unpaired) electrons. The lowest BCUT2D eigenvalue weighted by Gasteiger charge is -2.17. The van der Waals surface area contributed by atoms with Gasteiger partial charge in [0, 0.05) is 17.7 Å². The number of esters is 1. The fraction of sp³-hybridized carbons (Fsp3) is 0.357. The highest BCUT2D eigenvalue weighted by molar-refractivity contribution is 5.99. The minimum absolute atomic E-state index is 0.0318. The van der Waals surface area contributed by atoms with Crippen LogP contribution in [0, 0.1) is 6.92 Å². The maximum absolute atomic E-state index is 12.2. The van der Waals surface area contributed by atoms with Gasteiger partial charge in [-0.3, -0.25) is 9.59 Å². The van der Waals surface area contributed by atoms with E-state index >= 15 is 0 Å². The smallest absolute Gasteiger partial charge is 0.328 e. The Morgan fingerprint density at radius 2 is 2.00 bits per heavy atom. The Labute approximate surface area is 122 Å². The number of anilines is 1. The van der Waals surface area contributed by atoms with Gasteiger partial charge in [0.2, 0.25) is 5.91 Å². The number of hydrogen-bond donors (Lipinski definition) is 3. The first-order valence-electron chi connectivity index (χ1n) is 6.39. The quantitative estimate of drug-likeness (QED) is 0.507. The zero-order valence-corrected chi connectivity index (χ0v) is 12.0. The number of carbonyl (C=O) groups excluding carboxylic acids is 3. The lowest BCUT2D eigenvalue weighted by Crippen LogP contribution is -2.42. The van der Waals surface area contributed by atoms with Crippen molar-refractivity contribution >= 4 is 23.5 Å². The molecule has 0 aliphatic carbocycles. The van der Waals surface area contributed by atoms with E-state index in [0.717, 1.165) is 0 Å². The minimum Gasteiger partial charge on any atom is -0.467 e. The van der Waals surface area contributed by atoms with E-state index in [1.165, 1.54) is 7.11 Å². The van der Waals surface area contributed by atoms with Crippen LogP contribution in [-0.4, -0.2) is 30.9 Å². The molecule has 1 atom stereocenters. The molecular formula is C14H19N3O4. The van der Waals surface area contributed by atoms with E-state index in [4.69, 9.17) is 11.5 Å². The Morgan fingerprint density at radius 1 is 1.33 bits per heavy atom. The molecule has 7 nitrogen and oxygen atoms in total. The molecule has 0 spiro atoms. The largest absolute Gasteiger partial charge is 0.467 e. The van der Waals surface area contributed by atoms with Gasteiger partial charge in [-0.25, -0.2) is 4.79 Å². The Morgan fingerprint density at radius 3 is 2.57 bits per heavy atom. The average molecular weight is 293 g/mol. The maximum Gasteiger partial charge on any atom is 0.328 e. The molecule has 7 heteroatoms. The second-order valence-corrected chi connectivity index (χ2v) is 4.57. The number of nitrogens with one attached hydrogen (secondary N) is 1. The van der Waals surface area contributed by atoms with Gasteiger partial charge < -0.3 is 21.5 Å². The van der Waals surface area contributed by atoms with Crippen LogP contribution >= 0.6 is 0 Å². The molecule has 0 heterocycles. The number of rotatable bonds is 6. The zero-order chi connectivity index (χ0) is 16.0. The van der Waals surface area contributed by atoms with Crippen LogP contribution in [0.3, 0.4) is 0 Å². The lowest BCUT2D eigenvalue weighted by atomic mass is 10.0. The fourth-order valence-corrected chi connectivity index (χ4v) is 1.81. The van der Waals surface area contributed by atoms with Gasteiger partial charge in [-0.15, -0.1) is 0 Å². The summed E-state index contributed by atoms with van der Waals surface area (Å²) >= 11 is 0. The SMILES string of the molecule is COC(=O)C(CCC(N)=O)NC(=O)c1cccc(N)c1C. The van der Waals surface area contributed by atoms with Gasteiger partial charge in [-0.05, 0) is 31.0 Å². The first kappa shape index (κ1) is 16.5. The number of primary amides is 1. The summed E-state index contributed by atoms with van der Waals surface area (Å²) in [4.78, 5) is 34.6. The normalized spacial score (nSPS) is 11.5. The minimum atomic E-state index is -0.934. The van der Waals surface area contributed by atoms with Crippen LogP contribution in [0.25, 0.3) is 0 Å². The van der Waals surface area contributed by atoms with Gasteiger partial charge in [0.15, 0.2) is 0 Å². The standard InChI is InChI=1S/C14H19N3O4/c1-8-9(4-3-5-10(8)15)13(19)17-11(14(20)21-2)6-7-12(16)18/h3-5,11H,6-7,15H2,1-2H3,(H2,16,18)(H,17,19). The topological polar surface area (TPSA) is 125 Å². The summed E-state index contributed by atoms with van der Waals surface area (Å²) in [6.45, 7) is 1.71. The van der Waals surface area contributed by atoms with E-state index in [1.54, 1.807) is 25.1 Å². The number of methoxy groups -OCH3 is 1. The summed E-state index contributed by atoms with van der Waals surface area (Å²) in [5.41, 5.74) is 12.3. The lowest BCUT2D eigenvalue weighted by molar-refractivity contribution is -0.143. The van der Waals surface area contributed by atoms with Crippen molar-refractivity contribution in [2.24, 2.45) is 5.73 Å². The van der Waals surface area contributed by atoms with Crippen molar-refractivity contribution in [1.82, 2.24) is 5.32 Å². The molecule has 5 N–H and O–H groups in total. The van der Waals surface area contributed by atoms with Gasteiger partial charge in [0.05, 0.1) is 7.11 Å². The van der Waals surface area contributed by atoms with Gasteiger partial charge in [0.1, 0.15) is 6.04 Å². The first-order valence-corrected chi connectivity index (χ1v) is 6.39. The summed E-state index contributed by atoms with van der Waals surface area (Å²) in [5, 5.41) is 2.53. The monoisotopic (exact) mass is 293 g/mol. The van der Waals surface area contributed by atoms with Crippen molar-refractivity contribution in [3.8, 4) is 0 Å². The predicted octanol–water partition coefficient (Wildman–Crippen LogP) is 0.114. The van der Waals surface area contributed by atoms with Crippen LogP contribution in [0.15, 0.2) is 18.2 Å². The van der Waals surface area contributed by atoms with Crippen LogP contribution in [0.1, 0.15) is 28.8 Å². The zero-order valence-electron chi connectivity index (χ0n) is 12.0. The number of benzene rings is 1. The number of ether oxygens (including phenoxy) is 1. The third-order valence-electron chi connectivity index (χ3n) is 3.09. The van der Waals surface area contributed by atoms with Crippen molar-refractivity contribution in [1.29, 1.82) is 0 Å². The molecular weight excluding hydrogens is 274 g/mol. The number of amides is 2. The van der Waals surface area contributed by atoms with Gasteiger partial charge in [0.25, 0.3) is 5.91 Å². The number of nitrogens with two attached hydrogens (primary N) is 2. The average Bonchev–Trinajstić information content (AvgIpc) is 2.45. The van der Waals surface area contributed by atoms with Crippen molar-refractivity contribution in [3.63, 3.8) is 0 Å². The molecule has 0 aliphatic heterocycles. The number of hydrogen-bond acceptors (Lipinski definition) is 5. The van der Waals surface area contributed by atoms with Crippen molar-refractivity contribution < 1.29 is 19.1 Å². The maximum atomic E-state index is 12.2. The molecule has 2 amide bonds. The fourth-order valence-electron chi connectivity index (χ4n) is 1.81. The van der Waals surface area contributed by atoms with Gasteiger partial charge in [-0.2, -0.15) is 0 Å². The third-order valence-corrected chi connectivity index (χ3v) is 3.09. The Kier molecular flexibility index (Phi) is 5.71. The molecule has 1 rings (SSSR count). The molecule has 0 bridgehead atoms. The van der Waals surface area contributed by atoms with Crippen LogP contribution in [-0.2, 0) is 14.3 Å². The summed E-state index contributed by atoms with van der Waals surface area (Å²) in [6, 6.07) is 3.99. The van der Waals surface area contributed by atoms with E-state index in [-0.39, 0.29) is 12.8 Å². The van der Waals surface area contributed by atoms with Crippen molar-refractivity contribution in [3.05, 3.63) is 29.3 Å². The number of nitrogen functional groups attached to an aromatic ring is 1. The summed E-state index contributed by atoms with van der Waals surface area (Å²) in [7, 11) is 1.21. The summed E-state index contributed by atoms with van der Waals surface area (Å²) in [5.74, 6) is -1.65. The van der Waals surface area contributed by atoms with E-state index in [2.05, 4.69) is 10.1 Å². The predicted molar refractivity (Wildman–Crippen MR) is 77.3 cm³/mol. The Hall–Kier alpha value is -2.57. The second-order valence-electron chi connectivity index (χ2n) is 4.57. The molecule has 1 aromatic rings. The van der Waals surface area contributed by atoms with Crippen molar-refractivity contribution in [2.75, 3.05) is 12.8 Å².